The van der Waals surface area contributed by atoms with Gasteiger partial charge >= 0.3 is 5.97 Å². The summed E-state index contributed by atoms with van der Waals surface area (Å²) < 4.78 is 5.08. The molecule has 1 aromatic rings. The van der Waals surface area contributed by atoms with Crippen LogP contribution in [0.4, 0.5) is 0 Å². The summed E-state index contributed by atoms with van der Waals surface area (Å²) in [5.74, 6) is -1.01. The van der Waals surface area contributed by atoms with Gasteiger partial charge in [0, 0.05) is 36.7 Å². The standard InChI is InChI=1S/C23H26N2O4/c1-13(2)14-7-9-15(10-8-14)18-19-16(5-4-6-17(19)26)25-12-11-24-22(27)21(25)20(18)23(28)29-3/h7-10,13,18H,4-6,11-12H2,1-3H3,(H,24,27)/t18-/m1/s1. The van der Waals surface area contributed by atoms with Crippen molar-refractivity contribution >= 4 is 17.7 Å². The van der Waals surface area contributed by atoms with Gasteiger partial charge in [0.05, 0.1) is 12.7 Å². The number of ketones is 1. The molecular formula is C23H26N2O4. The van der Waals surface area contributed by atoms with Crippen LogP contribution in [0.1, 0.15) is 56.1 Å². The number of nitrogens with one attached hydrogen (secondary N) is 1. The van der Waals surface area contributed by atoms with Crippen molar-refractivity contribution in [3.8, 4) is 0 Å². The third-order valence-electron chi connectivity index (χ3n) is 6.03. The summed E-state index contributed by atoms with van der Waals surface area (Å²) >= 11 is 0. The maximum Gasteiger partial charge on any atom is 0.337 e. The van der Waals surface area contributed by atoms with E-state index in [-0.39, 0.29) is 17.3 Å². The summed E-state index contributed by atoms with van der Waals surface area (Å²) in [7, 11) is 1.31. The molecule has 1 fully saturated rings. The maximum absolute atomic E-state index is 13.0. The molecule has 1 aliphatic carbocycles. The molecule has 0 spiro atoms. The number of Topliss-reactive ketones (excluding diaryl/α,β-unsaturated/α-hetero) is 1. The van der Waals surface area contributed by atoms with Crippen LogP contribution in [-0.2, 0) is 19.1 Å². The molecule has 2 aliphatic heterocycles. The molecule has 2 heterocycles. The average molecular weight is 394 g/mol. The molecule has 1 atom stereocenters. The monoisotopic (exact) mass is 394 g/mol. The number of fused-ring (bicyclic) bond motifs is 2. The molecule has 0 bridgehead atoms. The first-order valence-electron chi connectivity index (χ1n) is 10.2. The Balaban J connectivity index is 1.95. The molecule has 0 saturated carbocycles. The summed E-state index contributed by atoms with van der Waals surface area (Å²) in [6.07, 6.45) is 1.95. The Hall–Kier alpha value is -2.89. The highest BCUT2D eigenvalue weighted by molar-refractivity contribution is 6.09. The second kappa shape index (κ2) is 7.50. The Morgan fingerprint density at radius 3 is 2.55 bits per heavy atom. The Morgan fingerprint density at radius 1 is 1.17 bits per heavy atom. The molecule has 1 amide bonds. The second-order valence-corrected chi connectivity index (χ2v) is 8.05. The van der Waals surface area contributed by atoms with Crippen molar-refractivity contribution < 1.29 is 19.1 Å². The first kappa shape index (κ1) is 19.4. The Labute approximate surface area is 170 Å². The number of piperazine rings is 1. The van der Waals surface area contributed by atoms with Crippen LogP contribution in [0, 0.1) is 0 Å². The molecule has 3 aliphatic rings. The molecule has 1 N–H and O–H groups in total. The zero-order valence-corrected chi connectivity index (χ0v) is 17.1. The van der Waals surface area contributed by atoms with Crippen molar-refractivity contribution in [2.75, 3.05) is 20.2 Å². The van der Waals surface area contributed by atoms with E-state index in [4.69, 9.17) is 4.74 Å². The SMILES string of the molecule is COC(=O)C1=C2C(=O)NCCN2C2=C(C(=O)CCC2)[C@H]1c1ccc(C(C)C)cc1. The van der Waals surface area contributed by atoms with Gasteiger partial charge in [-0.1, -0.05) is 38.1 Å². The number of ether oxygens (including phenoxy) is 1. The lowest BCUT2D eigenvalue weighted by Crippen LogP contribution is -2.50. The first-order valence-corrected chi connectivity index (χ1v) is 10.2. The van der Waals surface area contributed by atoms with E-state index in [2.05, 4.69) is 19.2 Å². The highest BCUT2D eigenvalue weighted by Crippen LogP contribution is 2.46. The van der Waals surface area contributed by atoms with Crippen molar-refractivity contribution in [3.63, 3.8) is 0 Å². The van der Waals surface area contributed by atoms with Crippen LogP contribution in [0.2, 0.25) is 0 Å². The van der Waals surface area contributed by atoms with Crippen molar-refractivity contribution in [3.05, 3.63) is 57.9 Å². The summed E-state index contributed by atoms with van der Waals surface area (Å²) in [4.78, 5) is 40.6. The third kappa shape index (κ3) is 3.16. The lowest BCUT2D eigenvalue weighted by molar-refractivity contribution is -0.137. The molecule has 152 valence electrons. The summed E-state index contributed by atoms with van der Waals surface area (Å²) in [6.45, 7) is 5.27. The number of hydrogen-bond donors (Lipinski definition) is 1. The number of carbonyl (C=O) groups excluding carboxylic acids is 3. The minimum Gasteiger partial charge on any atom is -0.466 e. The predicted molar refractivity (Wildman–Crippen MR) is 108 cm³/mol. The minimum absolute atomic E-state index is 0.0515. The van der Waals surface area contributed by atoms with Gasteiger partial charge in [0.1, 0.15) is 5.70 Å². The van der Waals surface area contributed by atoms with E-state index in [1.54, 1.807) is 0 Å². The topological polar surface area (TPSA) is 75.7 Å². The van der Waals surface area contributed by atoms with Gasteiger partial charge in [-0.15, -0.1) is 0 Å². The van der Waals surface area contributed by atoms with Crippen LogP contribution < -0.4 is 5.32 Å². The van der Waals surface area contributed by atoms with Gasteiger partial charge < -0.3 is 15.0 Å². The number of rotatable bonds is 3. The Bertz CT molecular complexity index is 940. The molecule has 6 nitrogen and oxygen atoms in total. The van der Waals surface area contributed by atoms with Crippen LogP contribution in [0.3, 0.4) is 0 Å². The lowest BCUT2D eigenvalue weighted by atomic mass is 9.74. The molecule has 0 aromatic heterocycles. The van der Waals surface area contributed by atoms with E-state index in [1.807, 2.05) is 29.2 Å². The quantitative estimate of drug-likeness (QED) is 0.798. The molecule has 0 radical (unpaired) electrons. The Kier molecular flexibility index (Phi) is 5.03. The zero-order chi connectivity index (χ0) is 20.7. The fraction of sp³-hybridized carbons (Fsp3) is 0.435. The number of esters is 1. The van der Waals surface area contributed by atoms with E-state index >= 15 is 0 Å². The number of methoxy groups -OCH3 is 1. The average Bonchev–Trinajstić information content (AvgIpc) is 2.73. The van der Waals surface area contributed by atoms with Crippen LogP contribution in [0.25, 0.3) is 0 Å². The smallest absolute Gasteiger partial charge is 0.337 e. The second-order valence-electron chi connectivity index (χ2n) is 8.05. The molecule has 4 rings (SSSR count). The van der Waals surface area contributed by atoms with E-state index < -0.39 is 11.9 Å². The highest BCUT2D eigenvalue weighted by atomic mass is 16.5. The first-order chi connectivity index (χ1) is 13.9. The van der Waals surface area contributed by atoms with Crippen LogP contribution in [0.15, 0.2) is 46.8 Å². The Morgan fingerprint density at radius 2 is 1.90 bits per heavy atom. The molecule has 0 unspecified atom stereocenters. The van der Waals surface area contributed by atoms with Crippen LogP contribution in [0.5, 0.6) is 0 Å². The van der Waals surface area contributed by atoms with Gasteiger partial charge in [0.15, 0.2) is 5.78 Å². The molecule has 6 heteroatoms. The van der Waals surface area contributed by atoms with Crippen molar-refractivity contribution in [2.45, 2.75) is 44.9 Å². The summed E-state index contributed by atoms with van der Waals surface area (Å²) in [5, 5.41) is 2.84. The number of benzene rings is 1. The van der Waals surface area contributed by atoms with Crippen molar-refractivity contribution in [1.29, 1.82) is 0 Å². The number of allylic oxidation sites excluding steroid dienone is 2. The number of amides is 1. The summed E-state index contributed by atoms with van der Waals surface area (Å²) in [6, 6.07) is 7.99. The molecule has 1 saturated heterocycles. The van der Waals surface area contributed by atoms with Gasteiger partial charge in [-0.2, -0.15) is 0 Å². The van der Waals surface area contributed by atoms with Crippen molar-refractivity contribution in [1.82, 2.24) is 10.2 Å². The van der Waals surface area contributed by atoms with Gasteiger partial charge in [-0.05, 0) is 29.9 Å². The number of carbonyl (C=O) groups is 3. The predicted octanol–water partition coefficient (Wildman–Crippen LogP) is 2.77. The highest BCUT2D eigenvalue weighted by Gasteiger charge is 2.45. The fourth-order valence-electron chi connectivity index (χ4n) is 4.60. The van der Waals surface area contributed by atoms with Gasteiger partial charge in [-0.3, -0.25) is 9.59 Å². The zero-order valence-electron chi connectivity index (χ0n) is 17.1. The van der Waals surface area contributed by atoms with Gasteiger partial charge in [0.25, 0.3) is 5.91 Å². The van der Waals surface area contributed by atoms with E-state index in [0.717, 1.165) is 24.1 Å². The van der Waals surface area contributed by atoms with E-state index in [9.17, 15) is 14.4 Å². The van der Waals surface area contributed by atoms with E-state index in [1.165, 1.54) is 12.7 Å². The minimum atomic E-state index is -0.582. The van der Waals surface area contributed by atoms with Crippen molar-refractivity contribution in [2.24, 2.45) is 0 Å². The maximum atomic E-state index is 13.0. The van der Waals surface area contributed by atoms with Crippen LogP contribution in [-0.4, -0.2) is 42.8 Å². The van der Waals surface area contributed by atoms with Gasteiger partial charge in [0.2, 0.25) is 0 Å². The van der Waals surface area contributed by atoms with Crippen LogP contribution >= 0.6 is 0 Å². The molecule has 1 aromatic carbocycles. The number of hydrogen-bond acceptors (Lipinski definition) is 5. The fourth-order valence-corrected chi connectivity index (χ4v) is 4.60. The van der Waals surface area contributed by atoms with Gasteiger partial charge in [-0.25, -0.2) is 4.79 Å². The normalized spacial score (nSPS) is 21.8. The molecule has 29 heavy (non-hydrogen) atoms. The lowest BCUT2D eigenvalue weighted by Gasteiger charge is -2.43. The largest absolute Gasteiger partial charge is 0.466 e. The third-order valence-corrected chi connectivity index (χ3v) is 6.03. The van der Waals surface area contributed by atoms with E-state index in [0.29, 0.717) is 36.7 Å². The summed E-state index contributed by atoms with van der Waals surface area (Å²) in [5.41, 5.74) is 4.13. The molecular weight excluding hydrogens is 368 g/mol. The number of nitrogens with zero attached hydrogens (tertiary/aromatic N) is 1.